The van der Waals surface area contributed by atoms with Crippen LogP contribution in [-0.2, 0) is 14.4 Å². The molecule has 2 aromatic carbocycles. The lowest BCUT2D eigenvalue weighted by Gasteiger charge is -2.08. The van der Waals surface area contributed by atoms with Gasteiger partial charge in [-0.05, 0) is 56.4 Å². The number of halogens is 2. The van der Waals surface area contributed by atoms with Gasteiger partial charge < -0.3 is 29.4 Å². The third-order valence-electron chi connectivity index (χ3n) is 10.3. The molecular weight excluding hydrogens is 965 g/mol. The molecule has 0 amide bonds. The highest BCUT2D eigenvalue weighted by Gasteiger charge is 2.19. The van der Waals surface area contributed by atoms with E-state index in [0.29, 0.717) is 70.5 Å². The molecule has 4 aliphatic rings. The lowest BCUT2D eigenvalue weighted by atomic mass is 9.93. The summed E-state index contributed by atoms with van der Waals surface area (Å²) in [6, 6.07) is 4.37. The number of hydroxylamine groups is 2. The van der Waals surface area contributed by atoms with Gasteiger partial charge in [0.05, 0.1) is 12.2 Å². The zero-order valence-electron chi connectivity index (χ0n) is 47.5. The minimum Gasteiger partial charge on any atom is -0.503 e. The van der Waals surface area contributed by atoms with Gasteiger partial charge in [-0.15, -0.1) is 0 Å². The van der Waals surface area contributed by atoms with Gasteiger partial charge >= 0.3 is 0 Å². The first-order valence-electron chi connectivity index (χ1n) is 24.9. The highest BCUT2D eigenvalue weighted by atomic mass is 19.1. The number of benzene rings is 1. The Hall–Kier alpha value is -7.25. The van der Waals surface area contributed by atoms with Crippen molar-refractivity contribution < 1.29 is 32.8 Å². The number of nitrogens with zero attached hydrogens (tertiary/aromatic N) is 7. The second kappa shape index (κ2) is 32.1. The van der Waals surface area contributed by atoms with Crippen molar-refractivity contribution in [3.63, 3.8) is 0 Å². The number of phenols is 1. The molecule has 6 heterocycles. The van der Waals surface area contributed by atoms with Crippen LogP contribution in [0.4, 0.5) is 8.78 Å². The average Bonchev–Trinajstić information content (AvgIpc) is 4.20. The Kier molecular flexibility index (Phi) is 28.2. The van der Waals surface area contributed by atoms with Crippen LogP contribution in [0, 0.1) is 49.2 Å². The van der Waals surface area contributed by atoms with E-state index in [-0.39, 0.29) is 22.7 Å². The van der Waals surface area contributed by atoms with Crippen molar-refractivity contribution in [3.05, 3.63) is 140 Å². The number of aromatic hydroxyl groups is 1. The molecule has 5 N–H and O–H groups in total. The number of H-pyrrole nitrogens is 1. The van der Waals surface area contributed by atoms with Crippen molar-refractivity contribution in [2.45, 2.75) is 148 Å². The van der Waals surface area contributed by atoms with Gasteiger partial charge in [0.1, 0.15) is 47.7 Å². The summed E-state index contributed by atoms with van der Waals surface area (Å²) >= 11 is 0. The van der Waals surface area contributed by atoms with Gasteiger partial charge in [0.2, 0.25) is 22.6 Å². The molecule has 4 aromatic rings. The van der Waals surface area contributed by atoms with Gasteiger partial charge in [-0.3, -0.25) is 19.7 Å². The number of aliphatic imine (C=N–C) groups is 4. The average molecular weight is 1050 g/mol. The number of hydrogen-bond donors (Lipinski definition) is 5. The summed E-state index contributed by atoms with van der Waals surface area (Å²) in [6.45, 7) is 51.6. The third kappa shape index (κ3) is 23.2. The van der Waals surface area contributed by atoms with Crippen molar-refractivity contribution in [2.75, 3.05) is 13.1 Å². The van der Waals surface area contributed by atoms with Crippen LogP contribution < -0.4 is 27.1 Å². The molecule has 0 unspecified atom stereocenters. The second-order valence-electron chi connectivity index (χ2n) is 19.9. The molecule has 0 radical (unpaired) electrons. The van der Waals surface area contributed by atoms with E-state index in [0.717, 1.165) is 64.8 Å². The quantitative estimate of drug-likeness (QED) is 0.103. The normalized spacial score (nSPS) is 14.1. The maximum Gasteiger partial charge on any atom is 0.240 e. The van der Waals surface area contributed by atoms with E-state index in [2.05, 4.69) is 138 Å². The third-order valence-corrected chi connectivity index (χ3v) is 10.3. The highest BCUT2D eigenvalue weighted by Crippen LogP contribution is 2.27. The number of amidine groups is 3. The number of phenolic OH excluding ortho intramolecular Hbond substituents is 1. The molecule has 8 rings (SSSR count). The minimum absolute atomic E-state index is 0.0588. The Morgan fingerprint density at radius 3 is 1.44 bits per heavy atom. The topological polar surface area (TPSA) is 235 Å². The van der Waals surface area contributed by atoms with Crippen LogP contribution in [0.1, 0.15) is 168 Å². The first-order chi connectivity index (χ1) is 34.9. The van der Waals surface area contributed by atoms with Crippen LogP contribution in [0.25, 0.3) is 0 Å². The van der Waals surface area contributed by atoms with Gasteiger partial charge in [0.25, 0.3) is 0 Å². The van der Waals surface area contributed by atoms with Gasteiger partial charge in [-0.2, -0.15) is 15.1 Å². The fourth-order valence-electron chi connectivity index (χ4n) is 5.89. The number of ether oxygens (including phenoxy) is 1. The summed E-state index contributed by atoms with van der Waals surface area (Å²) in [7, 11) is 0. The predicted octanol–water partition coefficient (Wildman–Crippen LogP) is 11.4. The number of hydrogen-bond acceptors (Lipinski definition) is 17. The summed E-state index contributed by atoms with van der Waals surface area (Å²) in [6.07, 6.45) is 1.52. The predicted molar refractivity (Wildman–Crippen MR) is 296 cm³/mol. The standard InChI is InChI=1S/C9H10F2O.C8H10O2.C7H12N2.2C7H11NO.2C6H10N2O.C5H9N3/c1-5(2)6-3-4-7(10)9(12)8(6)11;1-4(2)6-5(3)7(9)8(6)10;2*1-5(2)7-8-4-6(3)9-7;1-5(2)7-4-6(3)9-8-7;2*1-4(2)6-7-5(3)9-8-6;1-4(2)5-6-3-7-8-5/h3-5,12H,1-2H3;4H,1-3H3;5H,3-4H2,1-2H3,(H,8,9);5H,3-4H2,1-2H3;4-5H,1-3H3;2*4H,3H2,1-2H3,(H,7,8);3-4H,1-2H3,(H,6,7,8). The Morgan fingerprint density at radius 2 is 1.20 bits per heavy atom. The Morgan fingerprint density at radius 1 is 0.653 bits per heavy atom. The number of rotatable bonds is 8. The fraction of sp³-hybridized carbons (Fsp3) is 0.509. The summed E-state index contributed by atoms with van der Waals surface area (Å²) in [5.74, 6) is 7.13. The van der Waals surface area contributed by atoms with Crippen molar-refractivity contribution in [2.24, 2.45) is 43.6 Å². The molecule has 0 aliphatic carbocycles. The first-order valence-corrected chi connectivity index (χ1v) is 24.9. The molecule has 414 valence electrons. The van der Waals surface area contributed by atoms with Crippen molar-refractivity contribution in [1.82, 2.24) is 36.6 Å². The summed E-state index contributed by atoms with van der Waals surface area (Å²) in [4.78, 5) is 51.3. The molecule has 0 saturated carbocycles. The van der Waals surface area contributed by atoms with E-state index in [4.69, 9.17) is 24.0 Å². The molecule has 0 saturated heterocycles. The fourth-order valence-corrected chi connectivity index (χ4v) is 5.89. The van der Waals surface area contributed by atoms with Crippen molar-refractivity contribution in [3.8, 4) is 5.75 Å². The largest absolute Gasteiger partial charge is 0.503 e. The van der Waals surface area contributed by atoms with Crippen LogP contribution in [0.3, 0.4) is 0 Å². The molecule has 18 nitrogen and oxygen atoms in total. The zero-order chi connectivity index (χ0) is 57.4. The first kappa shape index (κ1) is 65.8. The van der Waals surface area contributed by atoms with E-state index in [1.165, 1.54) is 12.4 Å². The molecule has 0 fully saturated rings. The highest BCUT2D eigenvalue weighted by molar-refractivity contribution is 5.87. The van der Waals surface area contributed by atoms with Crippen LogP contribution in [0.15, 0.2) is 108 Å². The summed E-state index contributed by atoms with van der Waals surface area (Å²) in [5, 5.41) is 22.3. The van der Waals surface area contributed by atoms with E-state index < -0.39 is 17.4 Å². The van der Waals surface area contributed by atoms with E-state index in [1.54, 1.807) is 20.8 Å². The molecule has 0 atom stereocenters. The summed E-state index contributed by atoms with van der Waals surface area (Å²) in [5.41, 5.74) is 8.47. The van der Waals surface area contributed by atoms with Crippen LogP contribution in [0.5, 0.6) is 5.75 Å². The van der Waals surface area contributed by atoms with Crippen LogP contribution in [0.2, 0.25) is 0 Å². The number of nitrogens with one attached hydrogen (secondary N) is 4. The molecule has 20 heteroatoms. The van der Waals surface area contributed by atoms with Gasteiger partial charge in [-0.1, -0.05) is 135 Å². The second-order valence-corrected chi connectivity index (χ2v) is 19.9. The number of aromatic amines is 1. The van der Waals surface area contributed by atoms with Crippen LogP contribution >= 0.6 is 0 Å². The zero-order valence-corrected chi connectivity index (χ0v) is 47.5. The van der Waals surface area contributed by atoms with Crippen molar-refractivity contribution in [1.29, 1.82) is 0 Å². The van der Waals surface area contributed by atoms with Gasteiger partial charge in [-0.25, -0.2) is 29.7 Å². The molecular formula is C55H83F2N11O7. The maximum absolute atomic E-state index is 13.0. The SMILES string of the molecule is C=C1CN=C(C(C)C)N1.C=C1CN=C(C(C)C)O1.C=C1N=C(C(C)C)NO1.C=C1N=C(C(C)C)NO1.CC(C)c1ccc(F)c(O)c1F.CC(C)c1ncn[nH]1.Cc1c(C(C)C)c(=O)c1=O.Cc1cc(C(C)C)no1. The van der Waals surface area contributed by atoms with E-state index in [9.17, 15) is 18.4 Å². The van der Waals surface area contributed by atoms with Crippen molar-refractivity contribution >= 4 is 23.4 Å². The van der Waals surface area contributed by atoms with E-state index >= 15 is 0 Å². The Balaban J connectivity index is 0.000000430. The molecule has 0 bridgehead atoms. The molecule has 2 aromatic heterocycles. The van der Waals surface area contributed by atoms with E-state index in [1.807, 2.05) is 54.5 Å². The smallest absolute Gasteiger partial charge is 0.240 e. The number of aromatic nitrogens is 4. The lowest BCUT2D eigenvalue weighted by molar-refractivity contribution is 0.176. The minimum atomic E-state index is -0.920. The summed E-state index contributed by atoms with van der Waals surface area (Å²) < 4.78 is 35.6. The van der Waals surface area contributed by atoms with Crippen LogP contribution in [-0.4, -0.2) is 61.9 Å². The lowest BCUT2D eigenvalue weighted by Crippen LogP contribution is -2.38. The number of aryl methyl sites for hydroxylation is 1. The van der Waals surface area contributed by atoms with Gasteiger partial charge in [0, 0.05) is 52.5 Å². The molecule has 0 spiro atoms. The maximum atomic E-state index is 13.0. The molecule has 4 aliphatic heterocycles. The monoisotopic (exact) mass is 1050 g/mol. The Bertz CT molecular complexity index is 2590. The van der Waals surface area contributed by atoms with Gasteiger partial charge in [0.15, 0.2) is 23.3 Å². The Labute approximate surface area is 442 Å². The molecule has 75 heavy (non-hydrogen) atoms.